The summed E-state index contributed by atoms with van der Waals surface area (Å²) in [6, 6.07) is 2.11. The van der Waals surface area contributed by atoms with Crippen LogP contribution in [-0.2, 0) is 29.2 Å². The van der Waals surface area contributed by atoms with Gasteiger partial charge in [-0.05, 0) is 39.2 Å². The Morgan fingerprint density at radius 2 is 1.94 bits per heavy atom. The van der Waals surface area contributed by atoms with E-state index in [-0.39, 0.29) is 11.0 Å². The number of aromatic nitrogens is 2. The zero-order chi connectivity index (χ0) is 13.8. The van der Waals surface area contributed by atoms with Gasteiger partial charge >= 0.3 is 0 Å². The van der Waals surface area contributed by atoms with Gasteiger partial charge in [-0.3, -0.25) is 4.68 Å². The van der Waals surface area contributed by atoms with Crippen LogP contribution in [0.4, 0.5) is 0 Å². The number of sulfone groups is 1. The molecule has 0 N–H and O–H groups in total. The number of aryl methyl sites for hydroxylation is 3. The third-order valence-corrected chi connectivity index (χ3v) is 5.45. The van der Waals surface area contributed by atoms with Gasteiger partial charge in [0.05, 0.1) is 16.7 Å². The van der Waals surface area contributed by atoms with Gasteiger partial charge in [0, 0.05) is 12.2 Å². The molecule has 1 aromatic heterocycles. The van der Waals surface area contributed by atoms with Crippen LogP contribution < -0.4 is 0 Å². The minimum Gasteiger partial charge on any atom is -0.269 e. The number of nitrogens with zero attached hydrogens (tertiary/aromatic N) is 2. The minimum atomic E-state index is -2.93. The molecule has 18 heavy (non-hydrogen) atoms. The zero-order valence-corrected chi connectivity index (χ0v) is 12.6. The Morgan fingerprint density at radius 1 is 1.28 bits per heavy atom. The Kier molecular flexibility index (Phi) is 5.38. The SMILES string of the molecule is CCc1cc(CC)n(CCCS(=O)(=O)C(C)C)n1. The van der Waals surface area contributed by atoms with Crippen LogP contribution in [0, 0.1) is 0 Å². The zero-order valence-electron chi connectivity index (χ0n) is 11.8. The van der Waals surface area contributed by atoms with Crippen molar-refractivity contribution in [2.24, 2.45) is 0 Å². The predicted octanol–water partition coefficient (Wildman–Crippen LogP) is 2.22. The van der Waals surface area contributed by atoms with E-state index in [1.54, 1.807) is 13.8 Å². The smallest absolute Gasteiger partial charge is 0.152 e. The summed E-state index contributed by atoms with van der Waals surface area (Å²) >= 11 is 0. The summed E-state index contributed by atoms with van der Waals surface area (Å²) in [5, 5.41) is 4.20. The highest BCUT2D eigenvalue weighted by molar-refractivity contribution is 7.91. The molecule has 1 aromatic rings. The highest BCUT2D eigenvalue weighted by Gasteiger charge is 2.15. The molecule has 104 valence electrons. The van der Waals surface area contributed by atoms with Gasteiger partial charge in [-0.25, -0.2) is 8.42 Å². The van der Waals surface area contributed by atoms with E-state index in [9.17, 15) is 8.42 Å². The third kappa shape index (κ3) is 3.83. The highest BCUT2D eigenvalue weighted by Crippen LogP contribution is 2.09. The Bertz CT molecular complexity index is 475. The fourth-order valence-electron chi connectivity index (χ4n) is 1.82. The fourth-order valence-corrected chi connectivity index (χ4v) is 2.82. The molecule has 0 spiro atoms. The van der Waals surface area contributed by atoms with E-state index in [0.717, 1.165) is 18.5 Å². The topological polar surface area (TPSA) is 52.0 Å². The Hall–Kier alpha value is -0.840. The van der Waals surface area contributed by atoms with E-state index in [4.69, 9.17) is 0 Å². The van der Waals surface area contributed by atoms with Crippen LogP contribution >= 0.6 is 0 Å². The first-order chi connectivity index (χ1) is 8.40. The summed E-state index contributed by atoms with van der Waals surface area (Å²) in [5.41, 5.74) is 2.27. The third-order valence-electron chi connectivity index (χ3n) is 3.16. The first-order valence-electron chi connectivity index (χ1n) is 6.67. The molecule has 0 saturated carbocycles. The highest BCUT2D eigenvalue weighted by atomic mass is 32.2. The van der Waals surface area contributed by atoms with Crippen molar-refractivity contribution in [1.29, 1.82) is 0 Å². The van der Waals surface area contributed by atoms with Crippen molar-refractivity contribution in [3.8, 4) is 0 Å². The average molecular weight is 272 g/mol. The van der Waals surface area contributed by atoms with Gasteiger partial charge in [0.2, 0.25) is 0 Å². The van der Waals surface area contributed by atoms with Crippen LogP contribution in [0.25, 0.3) is 0 Å². The van der Waals surface area contributed by atoms with Crippen LogP contribution in [0.1, 0.15) is 45.5 Å². The van der Waals surface area contributed by atoms with Gasteiger partial charge in [-0.15, -0.1) is 0 Å². The summed E-state index contributed by atoms with van der Waals surface area (Å²) < 4.78 is 25.4. The minimum absolute atomic E-state index is 0.245. The van der Waals surface area contributed by atoms with Crippen molar-refractivity contribution in [2.45, 2.75) is 58.8 Å². The molecule has 5 heteroatoms. The first-order valence-corrected chi connectivity index (χ1v) is 8.39. The van der Waals surface area contributed by atoms with Crippen molar-refractivity contribution in [3.05, 3.63) is 17.5 Å². The van der Waals surface area contributed by atoms with Gasteiger partial charge in [-0.1, -0.05) is 13.8 Å². The van der Waals surface area contributed by atoms with Gasteiger partial charge in [-0.2, -0.15) is 5.10 Å². The van der Waals surface area contributed by atoms with Crippen LogP contribution in [-0.4, -0.2) is 29.2 Å². The molecule has 1 rings (SSSR count). The lowest BCUT2D eigenvalue weighted by atomic mass is 10.2. The molecule has 0 saturated heterocycles. The summed E-state index contributed by atoms with van der Waals surface area (Å²) in [6.07, 6.45) is 2.49. The van der Waals surface area contributed by atoms with Gasteiger partial charge in [0.25, 0.3) is 0 Å². The van der Waals surface area contributed by atoms with Gasteiger partial charge in [0.1, 0.15) is 0 Å². The Morgan fingerprint density at radius 3 is 2.44 bits per heavy atom. The van der Waals surface area contributed by atoms with Crippen molar-refractivity contribution < 1.29 is 8.42 Å². The van der Waals surface area contributed by atoms with E-state index < -0.39 is 9.84 Å². The van der Waals surface area contributed by atoms with Crippen molar-refractivity contribution >= 4 is 9.84 Å². The normalized spacial score (nSPS) is 12.3. The maximum atomic E-state index is 11.7. The number of hydrogen-bond donors (Lipinski definition) is 0. The van der Waals surface area contributed by atoms with E-state index in [1.807, 2.05) is 4.68 Å². The molecule has 0 aliphatic heterocycles. The van der Waals surface area contributed by atoms with E-state index in [2.05, 4.69) is 25.0 Å². The van der Waals surface area contributed by atoms with E-state index in [0.29, 0.717) is 13.0 Å². The second kappa shape index (κ2) is 6.36. The maximum Gasteiger partial charge on any atom is 0.152 e. The Labute approximate surface area is 110 Å². The van der Waals surface area contributed by atoms with Crippen LogP contribution in [0.15, 0.2) is 6.07 Å². The lowest BCUT2D eigenvalue weighted by Gasteiger charge is -2.09. The summed E-state index contributed by atoms with van der Waals surface area (Å²) in [4.78, 5) is 0. The second-order valence-electron chi connectivity index (χ2n) is 4.83. The largest absolute Gasteiger partial charge is 0.269 e. The van der Waals surface area contributed by atoms with Crippen molar-refractivity contribution in [1.82, 2.24) is 9.78 Å². The molecule has 0 bridgehead atoms. The monoisotopic (exact) mass is 272 g/mol. The molecular weight excluding hydrogens is 248 g/mol. The Balaban J connectivity index is 2.61. The summed E-state index contributed by atoms with van der Waals surface area (Å²) in [6.45, 7) is 8.33. The molecule has 0 atom stereocenters. The van der Waals surface area contributed by atoms with Crippen molar-refractivity contribution in [2.75, 3.05) is 5.75 Å². The lowest BCUT2D eigenvalue weighted by molar-refractivity contribution is 0.553. The molecule has 0 radical (unpaired) electrons. The van der Waals surface area contributed by atoms with Crippen LogP contribution in [0.3, 0.4) is 0 Å². The molecule has 4 nitrogen and oxygen atoms in total. The maximum absolute atomic E-state index is 11.7. The van der Waals surface area contributed by atoms with E-state index >= 15 is 0 Å². The molecule has 1 heterocycles. The molecule has 0 amide bonds. The first kappa shape index (κ1) is 15.2. The van der Waals surface area contributed by atoms with Gasteiger partial charge in [0.15, 0.2) is 9.84 Å². The summed E-state index contributed by atoms with van der Waals surface area (Å²) in [5.74, 6) is 0.245. The second-order valence-corrected chi connectivity index (χ2v) is 7.50. The molecular formula is C13H24N2O2S. The molecule has 0 aliphatic rings. The molecule has 0 unspecified atom stereocenters. The van der Waals surface area contributed by atoms with Crippen LogP contribution in [0.2, 0.25) is 0 Å². The molecule has 0 fully saturated rings. The standard InChI is InChI=1S/C13H24N2O2S/c1-5-12-10-13(6-2)15(14-12)8-7-9-18(16,17)11(3)4/h10-11H,5-9H2,1-4H3. The van der Waals surface area contributed by atoms with Crippen molar-refractivity contribution in [3.63, 3.8) is 0 Å². The number of hydrogen-bond acceptors (Lipinski definition) is 3. The number of rotatable bonds is 7. The van der Waals surface area contributed by atoms with Crippen LogP contribution in [0.5, 0.6) is 0 Å². The quantitative estimate of drug-likeness (QED) is 0.765. The molecule has 0 aromatic carbocycles. The van der Waals surface area contributed by atoms with Gasteiger partial charge < -0.3 is 0 Å². The average Bonchev–Trinajstić information content (AvgIpc) is 2.71. The van der Waals surface area contributed by atoms with E-state index in [1.165, 1.54) is 5.69 Å². The lowest BCUT2D eigenvalue weighted by Crippen LogP contribution is -2.19. The summed E-state index contributed by atoms with van der Waals surface area (Å²) in [7, 11) is -2.93. The predicted molar refractivity (Wildman–Crippen MR) is 74.5 cm³/mol. The molecule has 0 aliphatic carbocycles. The fraction of sp³-hybridized carbons (Fsp3) is 0.769.